The smallest absolute Gasteiger partial charge is 0.272 e. The highest BCUT2D eigenvalue weighted by Gasteiger charge is 2.15. The number of alkyl halides is 2. The molecule has 17 heavy (non-hydrogen) atoms. The lowest BCUT2D eigenvalue weighted by molar-refractivity contribution is 0.0788. The molecule has 6 heteroatoms. The molecule has 4 nitrogen and oxygen atoms in total. The van der Waals surface area contributed by atoms with Gasteiger partial charge in [-0.3, -0.25) is 4.79 Å². The third-order valence-corrected chi connectivity index (χ3v) is 1.97. The van der Waals surface area contributed by atoms with Gasteiger partial charge in [0.1, 0.15) is 12.9 Å². The zero-order valence-electron chi connectivity index (χ0n) is 9.41. The van der Waals surface area contributed by atoms with Crippen molar-refractivity contribution < 1.29 is 27.8 Å². The predicted molar refractivity (Wildman–Crippen MR) is 56.4 cm³/mol. The summed E-state index contributed by atoms with van der Waals surface area (Å²) in [5.74, 6) is 0.403. The van der Waals surface area contributed by atoms with Crippen LogP contribution in [-0.4, -0.2) is 33.5 Å². The molecule has 0 aliphatic rings. The molecule has 0 bridgehead atoms. The highest BCUT2D eigenvalue weighted by molar-refractivity contribution is 5.78. The van der Waals surface area contributed by atoms with Gasteiger partial charge in [-0.1, -0.05) is 0 Å². The first-order valence-corrected chi connectivity index (χ1v) is 4.74. The molecule has 0 heterocycles. The molecule has 0 aliphatic heterocycles. The molecule has 1 aromatic rings. The molecule has 0 N–H and O–H groups in total. The van der Waals surface area contributed by atoms with Gasteiger partial charge in [0.15, 0.2) is 11.5 Å². The average Bonchev–Trinajstić information content (AvgIpc) is 2.34. The summed E-state index contributed by atoms with van der Waals surface area (Å²) in [5, 5.41) is 0. The van der Waals surface area contributed by atoms with Crippen molar-refractivity contribution in [3.63, 3.8) is 0 Å². The third kappa shape index (κ3) is 3.30. The second kappa shape index (κ2) is 6.03. The van der Waals surface area contributed by atoms with Crippen LogP contribution in [0.1, 0.15) is 10.4 Å². The molecule has 94 valence electrons. The SMILES string of the molecule is COc1cc(C=O)cc(OC)c1OCC(F)F. The molecule has 1 aromatic carbocycles. The molecule has 0 aliphatic carbocycles. The largest absolute Gasteiger partial charge is 0.493 e. The lowest BCUT2D eigenvalue weighted by atomic mass is 10.2. The number of hydrogen-bond donors (Lipinski definition) is 0. The molecule has 0 aromatic heterocycles. The highest BCUT2D eigenvalue weighted by Crippen LogP contribution is 2.38. The number of methoxy groups -OCH3 is 2. The number of ether oxygens (including phenoxy) is 3. The number of rotatable bonds is 6. The molecule has 1 rings (SSSR count). The first-order valence-electron chi connectivity index (χ1n) is 4.74. The fourth-order valence-electron chi connectivity index (χ4n) is 1.26. The standard InChI is InChI=1S/C11H12F2O4/c1-15-8-3-7(5-14)4-9(16-2)11(8)17-6-10(12)13/h3-5,10H,6H2,1-2H3. The summed E-state index contributed by atoms with van der Waals surface area (Å²) in [6, 6.07) is 2.77. The summed E-state index contributed by atoms with van der Waals surface area (Å²) < 4.78 is 39.0. The monoisotopic (exact) mass is 246 g/mol. The number of halogens is 2. The van der Waals surface area contributed by atoms with Crippen LogP contribution < -0.4 is 14.2 Å². The van der Waals surface area contributed by atoms with Gasteiger partial charge in [0.2, 0.25) is 5.75 Å². The molecule has 0 spiro atoms. The minimum Gasteiger partial charge on any atom is -0.493 e. The van der Waals surface area contributed by atoms with Crippen molar-refractivity contribution in [2.45, 2.75) is 6.43 Å². The number of carbonyl (C=O) groups excluding carboxylic acids is 1. The Morgan fingerprint density at radius 3 is 2.12 bits per heavy atom. The van der Waals surface area contributed by atoms with Crippen molar-refractivity contribution in [2.75, 3.05) is 20.8 Å². The first kappa shape index (κ1) is 13.2. The maximum atomic E-state index is 12.1. The summed E-state index contributed by atoms with van der Waals surface area (Å²) >= 11 is 0. The molecular formula is C11H12F2O4. The topological polar surface area (TPSA) is 44.8 Å². The zero-order chi connectivity index (χ0) is 12.8. The molecule has 0 atom stereocenters. The van der Waals surface area contributed by atoms with Crippen LogP contribution in [0.2, 0.25) is 0 Å². The van der Waals surface area contributed by atoms with Crippen molar-refractivity contribution >= 4 is 6.29 Å². The maximum Gasteiger partial charge on any atom is 0.272 e. The second-order valence-electron chi connectivity index (χ2n) is 3.07. The summed E-state index contributed by atoms with van der Waals surface area (Å²) in [6.07, 6.45) is -2.00. The van der Waals surface area contributed by atoms with Gasteiger partial charge in [-0.25, -0.2) is 8.78 Å². The van der Waals surface area contributed by atoms with Crippen molar-refractivity contribution in [3.05, 3.63) is 17.7 Å². The predicted octanol–water partition coefficient (Wildman–Crippen LogP) is 2.16. The van der Waals surface area contributed by atoms with Gasteiger partial charge in [0.05, 0.1) is 14.2 Å². The van der Waals surface area contributed by atoms with E-state index in [-0.39, 0.29) is 17.2 Å². The third-order valence-electron chi connectivity index (χ3n) is 1.97. The Kier molecular flexibility index (Phi) is 4.68. The van der Waals surface area contributed by atoms with Crippen LogP contribution in [0.5, 0.6) is 17.2 Å². The minimum atomic E-state index is -2.60. The van der Waals surface area contributed by atoms with Crippen LogP contribution in [0.25, 0.3) is 0 Å². The first-order chi connectivity index (χ1) is 8.12. The average molecular weight is 246 g/mol. The lowest BCUT2D eigenvalue weighted by Gasteiger charge is -2.14. The van der Waals surface area contributed by atoms with E-state index in [1.165, 1.54) is 26.4 Å². The van der Waals surface area contributed by atoms with Crippen LogP contribution in [0, 0.1) is 0 Å². The van der Waals surface area contributed by atoms with Crippen LogP contribution in [0.3, 0.4) is 0 Å². The van der Waals surface area contributed by atoms with Gasteiger partial charge in [0.25, 0.3) is 6.43 Å². The Labute approximate surface area is 97.1 Å². The van der Waals surface area contributed by atoms with Gasteiger partial charge in [-0.05, 0) is 12.1 Å². The van der Waals surface area contributed by atoms with Crippen molar-refractivity contribution in [1.29, 1.82) is 0 Å². The van der Waals surface area contributed by atoms with E-state index in [4.69, 9.17) is 14.2 Å². The normalized spacial score (nSPS) is 10.2. The van der Waals surface area contributed by atoms with E-state index >= 15 is 0 Å². The van der Waals surface area contributed by atoms with E-state index in [1.54, 1.807) is 0 Å². The zero-order valence-corrected chi connectivity index (χ0v) is 9.41. The fraction of sp³-hybridized carbons (Fsp3) is 0.364. The van der Waals surface area contributed by atoms with Crippen molar-refractivity contribution in [3.8, 4) is 17.2 Å². The van der Waals surface area contributed by atoms with Crippen molar-refractivity contribution in [2.24, 2.45) is 0 Å². The summed E-state index contributed by atoms with van der Waals surface area (Å²) in [5.41, 5.74) is 0.308. The van der Waals surface area contributed by atoms with Gasteiger partial charge in [-0.15, -0.1) is 0 Å². The number of hydrogen-bond acceptors (Lipinski definition) is 4. The van der Waals surface area contributed by atoms with E-state index in [9.17, 15) is 13.6 Å². The van der Waals surface area contributed by atoms with E-state index in [0.717, 1.165) is 0 Å². The second-order valence-corrected chi connectivity index (χ2v) is 3.07. The van der Waals surface area contributed by atoms with Crippen LogP contribution in [0.15, 0.2) is 12.1 Å². The van der Waals surface area contributed by atoms with E-state index in [2.05, 4.69) is 0 Å². The number of carbonyl (C=O) groups is 1. The van der Waals surface area contributed by atoms with Gasteiger partial charge in [0, 0.05) is 5.56 Å². The maximum absolute atomic E-state index is 12.1. The van der Waals surface area contributed by atoms with E-state index < -0.39 is 13.0 Å². The molecule has 0 radical (unpaired) electrons. The van der Waals surface area contributed by atoms with Gasteiger partial charge in [-0.2, -0.15) is 0 Å². The van der Waals surface area contributed by atoms with E-state index in [0.29, 0.717) is 11.8 Å². The number of aldehydes is 1. The van der Waals surface area contributed by atoms with Crippen LogP contribution in [-0.2, 0) is 0 Å². The van der Waals surface area contributed by atoms with Crippen molar-refractivity contribution in [1.82, 2.24) is 0 Å². The Morgan fingerprint density at radius 2 is 1.76 bits per heavy atom. The van der Waals surface area contributed by atoms with Crippen LogP contribution >= 0.6 is 0 Å². The fourth-order valence-corrected chi connectivity index (χ4v) is 1.26. The lowest BCUT2D eigenvalue weighted by Crippen LogP contribution is -2.09. The Balaban J connectivity index is 3.10. The molecule has 0 amide bonds. The molecule has 0 fully saturated rings. The Hall–Kier alpha value is -1.85. The summed E-state index contributed by atoms with van der Waals surface area (Å²) in [6.45, 7) is -0.771. The molecular weight excluding hydrogens is 234 g/mol. The molecule has 0 saturated heterocycles. The Morgan fingerprint density at radius 1 is 1.24 bits per heavy atom. The Bertz CT molecular complexity index is 368. The van der Waals surface area contributed by atoms with Gasteiger partial charge >= 0.3 is 0 Å². The summed E-state index contributed by atoms with van der Waals surface area (Å²) in [4.78, 5) is 10.6. The number of benzene rings is 1. The van der Waals surface area contributed by atoms with E-state index in [1.807, 2.05) is 0 Å². The minimum absolute atomic E-state index is 0.0564. The molecule has 0 saturated carbocycles. The van der Waals surface area contributed by atoms with Crippen LogP contribution in [0.4, 0.5) is 8.78 Å². The molecule has 0 unspecified atom stereocenters. The summed E-state index contributed by atoms with van der Waals surface area (Å²) in [7, 11) is 2.69. The quantitative estimate of drug-likeness (QED) is 0.721. The highest BCUT2D eigenvalue weighted by atomic mass is 19.3. The van der Waals surface area contributed by atoms with Gasteiger partial charge < -0.3 is 14.2 Å².